The van der Waals surface area contributed by atoms with Crippen molar-refractivity contribution in [3.63, 3.8) is 0 Å². The Morgan fingerprint density at radius 1 is 1.05 bits per heavy atom. The molecule has 1 aliphatic carbocycles. The van der Waals surface area contributed by atoms with Gasteiger partial charge in [-0.25, -0.2) is 9.18 Å². The number of hydrogen-bond donors (Lipinski definition) is 1. The van der Waals surface area contributed by atoms with Crippen molar-refractivity contribution in [2.24, 2.45) is 5.92 Å². The van der Waals surface area contributed by atoms with E-state index in [0.717, 1.165) is 65.7 Å². The van der Waals surface area contributed by atoms with Crippen molar-refractivity contribution in [3.8, 4) is 16.9 Å². The van der Waals surface area contributed by atoms with Gasteiger partial charge >= 0.3 is 5.97 Å². The number of ether oxygens (including phenoxy) is 2. The lowest BCUT2D eigenvalue weighted by molar-refractivity contribution is -0.160. The van der Waals surface area contributed by atoms with E-state index in [2.05, 4.69) is 18.4 Å². The van der Waals surface area contributed by atoms with E-state index in [1.54, 1.807) is 6.07 Å². The molecule has 0 amide bonds. The number of carboxylic acids is 1. The molecule has 41 heavy (non-hydrogen) atoms. The van der Waals surface area contributed by atoms with Gasteiger partial charge in [-0.2, -0.15) is 0 Å². The Kier molecular flexibility index (Phi) is 8.26. The van der Waals surface area contributed by atoms with E-state index < -0.39 is 23.5 Å². The van der Waals surface area contributed by atoms with Crippen LogP contribution in [0.1, 0.15) is 104 Å². The van der Waals surface area contributed by atoms with Crippen molar-refractivity contribution in [2.45, 2.75) is 111 Å². The summed E-state index contributed by atoms with van der Waals surface area (Å²) in [6.45, 7) is 18.4. The lowest BCUT2D eigenvalue weighted by atomic mass is 9.78. The molecule has 1 atom stereocenters. The molecular formula is C35H46FNO4. The van der Waals surface area contributed by atoms with Crippen molar-refractivity contribution in [3.05, 3.63) is 63.1 Å². The average molecular weight is 564 g/mol. The van der Waals surface area contributed by atoms with Crippen molar-refractivity contribution in [1.29, 1.82) is 0 Å². The number of halogens is 1. The third-order valence-corrected chi connectivity index (χ3v) is 9.44. The maximum absolute atomic E-state index is 15.6. The Hall–Kier alpha value is -2.86. The monoisotopic (exact) mass is 563 g/mol. The van der Waals surface area contributed by atoms with Gasteiger partial charge in [0, 0.05) is 29.9 Å². The molecule has 2 aliphatic heterocycles. The molecule has 6 heteroatoms. The summed E-state index contributed by atoms with van der Waals surface area (Å²) in [7, 11) is 0. The van der Waals surface area contributed by atoms with Crippen molar-refractivity contribution in [2.75, 3.05) is 13.2 Å². The fourth-order valence-electron chi connectivity index (χ4n) is 7.34. The van der Waals surface area contributed by atoms with E-state index in [4.69, 9.17) is 9.47 Å². The minimum Gasteiger partial charge on any atom is -0.490 e. The van der Waals surface area contributed by atoms with E-state index in [1.807, 2.05) is 34.6 Å². The second-order valence-electron chi connectivity index (χ2n) is 13.2. The second kappa shape index (κ2) is 11.4. The molecule has 0 unspecified atom stereocenters. The van der Waals surface area contributed by atoms with Gasteiger partial charge in [-0.3, -0.25) is 0 Å². The first kappa shape index (κ1) is 29.6. The van der Waals surface area contributed by atoms with Gasteiger partial charge in [-0.05, 0) is 125 Å². The van der Waals surface area contributed by atoms with Gasteiger partial charge in [0.1, 0.15) is 0 Å². The summed E-state index contributed by atoms with van der Waals surface area (Å²) >= 11 is 0. The Morgan fingerprint density at radius 2 is 1.76 bits per heavy atom. The highest BCUT2D eigenvalue weighted by Gasteiger charge is 2.36. The first-order valence-corrected chi connectivity index (χ1v) is 15.3. The summed E-state index contributed by atoms with van der Waals surface area (Å²) < 4.78 is 27.6. The van der Waals surface area contributed by atoms with Gasteiger partial charge in [0.05, 0.1) is 12.2 Å². The number of nitrogens with zero attached hydrogens (tertiary/aromatic N) is 1. The normalized spacial score (nSPS) is 18.4. The molecule has 0 aromatic heterocycles. The molecule has 2 aromatic rings. The van der Waals surface area contributed by atoms with Gasteiger partial charge < -0.3 is 19.5 Å². The second-order valence-corrected chi connectivity index (χ2v) is 13.2. The van der Waals surface area contributed by atoms with E-state index in [0.29, 0.717) is 23.8 Å². The van der Waals surface area contributed by atoms with Crippen molar-refractivity contribution < 1.29 is 23.8 Å². The Balaban J connectivity index is 1.71. The third-order valence-electron chi connectivity index (χ3n) is 9.44. The van der Waals surface area contributed by atoms with Gasteiger partial charge in [-0.15, -0.1) is 0 Å². The fourth-order valence-corrected chi connectivity index (χ4v) is 7.34. The number of fused-ring (bicyclic) bond motifs is 2. The molecule has 5 nitrogen and oxygen atoms in total. The van der Waals surface area contributed by atoms with E-state index in [1.165, 1.54) is 48.9 Å². The highest BCUT2D eigenvalue weighted by Crippen LogP contribution is 2.46. The van der Waals surface area contributed by atoms with Crippen molar-refractivity contribution >= 4 is 5.97 Å². The number of hydrogen-bond acceptors (Lipinski definition) is 4. The SMILES string of the molecule is C=C(C1CCCCC1)N1CCc2c(C)c([C@H](OC(C)(C)C)C(=O)O)c(-c3cc(F)c4c(c3C)CCCO4)c(C)c2C1. The van der Waals surface area contributed by atoms with E-state index in [-0.39, 0.29) is 0 Å². The first-order valence-electron chi connectivity index (χ1n) is 15.3. The minimum absolute atomic E-state index is 0.335. The van der Waals surface area contributed by atoms with Gasteiger partial charge in [-0.1, -0.05) is 25.8 Å². The molecule has 3 aliphatic rings. The number of aliphatic carboxylic acids is 1. The smallest absolute Gasteiger partial charge is 0.337 e. The van der Waals surface area contributed by atoms with Crippen LogP contribution in [0, 0.1) is 32.5 Å². The summed E-state index contributed by atoms with van der Waals surface area (Å²) in [5, 5.41) is 10.5. The quantitative estimate of drug-likeness (QED) is 0.384. The molecular weight excluding hydrogens is 517 g/mol. The molecule has 0 saturated heterocycles. The molecule has 0 spiro atoms. The van der Waals surface area contributed by atoms with Crippen LogP contribution >= 0.6 is 0 Å². The van der Waals surface area contributed by atoms with Crippen LogP contribution in [0.15, 0.2) is 18.3 Å². The Bertz CT molecular complexity index is 1370. The maximum atomic E-state index is 15.6. The number of allylic oxidation sites excluding steroid dienone is 1. The fraction of sp³-hybridized carbons (Fsp3) is 0.571. The largest absolute Gasteiger partial charge is 0.490 e. The van der Waals surface area contributed by atoms with Crippen LogP contribution < -0.4 is 4.74 Å². The topological polar surface area (TPSA) is 59.0 Å². The summed E-state index contributed by atoms with van der Waals surface area (Å²) in [6, 6.07) is 1.55. The molecule has 5 rings (SSSR count). The highest BCUT2D eigenvalue weighted by atomic mass is 19.1. The molecule has 1 N–H and O–H groups in total. The van der Waals surface area contributed by atoms with Crippen molar-refractivity contribution in [1.82, 2.24) is 4.90 Å². The van der Waals surface area contributed by atoms with Crippen LogP contribution in [0.4, 0.5) is 4.39 Å². The number of carbonyl (C=O) groups is 1. The average Bonchev–Trinajstić information content (AvgIpc) is 2.95. The lowest BCUT2D eigenvalue weighted by Crippen LogP contribution is -2.35. The minimum atomic E-state index is -1.18. The lowest BCUT2D eigenvalue weighted by Gasteiger charge is -2.39. The van der Waals surface area contributed by atoms with Gasteiger partial charge in [0.15, 0.2) is 17.7 Å². The zero-order valence-corrected chi connectivity index (χ0v) is 25.7. The molecule has 0 bridgehead atoms. The van der Waals surface area contributed by atoms with Gasteiger partial charge in [0.2, 0.25) is 0 Å². The Morgan fingerprint density at radius 3 is 2.41 bits per heavy atom. The molecule has 2 aromatic carbocycles. The summed E-state index contributed by atoms with van der Waals surface area (Å²) in [4.78, 5) is 15.3. The Labute approximate surface area is 244 Å². The van der Waals surface area contributed by atoms with Crippen LogP contribution in [-0.2, 0) is 28.9 Å². The van der Waals surface area contributed by atoms with Crippen LogP contribution in [0.2, 0.25) is 0 Å². The molecule has 1 saturated carbocycles. The zero-order valence-electron chi connectivity index (χ0n) is 25.7. The molecule has 2 heterocycles. The number of carboxylic acid groups (broad SMARTS) is 1. The molecule has 222 valence electrons. The number of benzene rings is 2. The van der Waals surface area contributed by atoms with E-state index >= 15 is 4.39 Å². The van der Waals surface area contributed by atoms with Crippen LogP contribution in [0.5, 0.6) is 5.75 Å². The molecule has 0 radical (unpaired) electrons. The summed E-state index contributed by atoms with van der Waals surface area (Å²) in [6.07, 6.45) is 7.42. The highest BCUT2D eigenvalue weighted by molar-refractivity contribution is 5.85. The van der Waals surface area contributed by atoms with Crippen LogP contribution in [0.25, 0.3) is 11.1 Å². The first-order chi connectivity index (χ1) is 19.4. The van der Waals surface area contributed by atoms with E-state index in [9.17, 15) is 9.90 Å². The number of rotatable bonds is 6. The zero-order chi connectivity index (χ0) is 29.6. The standard InChI is InChI=1S/C35H46FNO4/c1-20-26-14-11-17-40-32(26)29(36)18-27(20)30-22(3)28-19-37(23(4)24-12-9-8-10-13-24)16-15-25(28)21(2)31(30)33(34(38)39)41-35(5,6)7/h18,24,33H,4,8-17,19H2,1-3,5-7H3,(H,38,39)/t33-/m0/s1. The maximum Gasteiger partial charge on any atom is 0.337 e. The third kappa shape index (κ3) is 5.64. The molecule has 1 fully saturated rings. The van der Waals surface area contributed by atoms with Crippen LogP contribution in [-0.4, -0.2) is 34.7 Å². The van der Waals surface area contributed by atoms with Gasteiger partial charge in [0.25, 0.3) is 0 Å². The summed E-state index contributed by atoms with van der Waals surface area (Å²) in [5.41, 5.74) is 8.87. The van der Waals surface area contributed by atoms with Crippen LogP contribution in [0.3, 0.4) is 0 Å². The summed E-state index contributed by atoms with van der Waals surface area (Å²) in [5.74, 6) is -0.566. The predicted octanol–water partition coefficient (Wildman–Crippen LogP) is 8.14. The predicted molar refractivity (Wildman–Crippen MR) is 161 cm³/mol.